The fourth-order valence-corrected chi connectivity index (χ4v) is 2.57. The molecule has 1 aromatic rings. The van der Waals surface area contributed by atoms with Gasteiger partial charge in [-0.15, -0.1) is 0 Å². The molecule has 132 valence electrons. The van der Waals surface area contributed by atoms with Crippen LogP contribution in [0.2, 0.25) is 0 Å². The minimum absolute atomic E-state index is 0.0678. The van der Waals surface area contributed by atoms with Crippen LogP contribution in [0.15, 0.2) is 12.1 Å². The third kappa shape index (κ3) is 4.05. The number of hydrogen-bond acceptors (Lipinski definition) is 3. The Bertz CT molecular complexity index is 633. The zero-order chi connectivity index (χ0) is 17.9. The van der Waals surface area contributed by atoms with Crippen molar-refractivity contribution in [3.63, 3.8) is 0 Å². The lowest BCUT2D eigenvalue weighted by Gasteiger charge is -2.27. The second-order valence-corrected chi connectivity index (χ2v) is 5.89. The summed E-state index contributed by atoms with van der Waals surface area (Å²) in [6.45, 7) is 2.93. The molecule has 8 heteroatoms. The summed E-state index contributed by atoms with van der Waals surface area (Å²) in [4.78, 5) is 27.5. The van der Waals surface area contributed by atoms with Crippen LogP contribution in [-0.4, -0.2) is 54.3 Å². The molecule has 24 heavy (non-hydrogen) atoms. The van der Waals surface area contributed by atoms with Gasteiger partial charge in [0.05, 0.1) is 18.3 Å². The van der Waals surface area contributed by atoms with Gasteiger partial charge in [0.1, 0.15) is 0 Å². The minimum Gasteiger partial charge on any atom is -0.341 e. The molecule has 0 radical (unpaired) electrons. The Labute approximate surface area is 138 Å². The van der Waals surface area contributed by atoms with Gasteiger partial charge in [0.15, 0.2) is 17.5 Å². The maximum absolute atomic E-state index is 13.5. The van der Waals surface area contributed by atoms with E-state index in [0.29, 0.717) is 13.1 Å². The summed E-state index contributed by atoms with van der Waals surface area (Å²) in [5, 5.41) is 2.19. The number of carbonyl (C=O) groups excluding carboxylic acids is 2. The van der Waals surface area contributed by atoms with Crippen LogP contribution in [0.1, 0.15) is 19.8 Å². The first kappa shape index (κ1) is 18.3. The van der Waals surface area contributed by atoms with Crippen LogP contribution in [0.3, 0.4) is 0 Å². The van der Waals surface area contributed by atoms with Crippen molar-refractivity contribution in [2.24, 2.45) is 0 Å². The molecule has 1 heterocycles. The monoisotopic (exact) mass is 343 g/mol. The van der Waals surface area contributed by atoms with E-state index in [4.69, 9.17) is 0 Å². The second kappa shape index (κ2) is 7.65. The fourth-order valence-electron chi connectivity index (χ4n) is 2.57. The highest BCUT2D eigenvalue weighted by Gasteiger charge is 2.27. The van der Waals surface area contributed by atoms with E-state index in [9.17, 15) is 22.8 Å². The number of likely N-dealkylation sites (N-methyl/N-ethyl adjacent to an activating group) is 1. The molecule has 0 bridgehead atoms. The van der Waals surface area contributed by atoms with Gasteiger partial charge in [-0.2, -0.15) is 0 Å². The summed E-state index contributed by atoms with van der Waals surface area (Å²) >= 11 is 0. The normalized spacial score (nSPS) is 15.7. The highest BCUT2D eigenvalue weighted by atomic mass is 19.2. The Morgan fingerprint density at radius 3 is 2.46 bits per heavy atom. The summed E-state index contributed by atoms with van der Waals surface area (Å²) in [5.41, 5.74) is -0.439. The first-order valence-electron chi connectivity index (χ1n) is 7.73. The smallest absolute Gasteiger partial charge is 0.239 e. The molecule has 0 aliphatic carbocycles. The number of hydrogen-bond donors (Lipinski definition) is 1. The van der Waals surface area contributed by atoms with Crippen molar-refractivity contribution in [2.75, 3.05) is 32.0 Å². The van der Waals surface area contributed by atoms with Gasteiger partial charge in [0.25, 0.3) is 0 Å². The largest absolute Gasteiger partial charge is 0.341 e. The van der Waals surface area contributed by atoms with Gasteiger partial charge in [-0.05, 0) is 38.9 Å². The first-order chi connectivity index (χ1) is 11.3. The Hall–Kier alpha value is -2.09. The molecule has 0 aromatic heterocycles. The van der Waals surface area contributed by atoms with Crippen LogP contribution in [0.4, 0.5) is 18.9 Å². The molecule has 1 aliphatic rings. The van der Waals surface area contributed by atoms with Crippen LogP contribution in [0, 0.1) is 17.5 Å². The number of benzene rings is 1. The maximum atomic E-state index is 13.5. The maximum Gasteiger partial charge on any atom is 0.239 e. The molecule has 1 aromatic carbocycles. The zero-order valence-corrected chi connectivity index (χ0v) is 13.6. The Morgan fingerprint density at radius 1 is 1.21 bits per heavy atom. The van der Waals surface area contributed by atoms with E-state index in [-0.39, 0.29) is 12.5 Å². The zero-order valence-electron chi connectivity index (χ0n) is 13.6. The molecule has 0 unspecified atom stereocenters. The van der Waals surface area contributed by atoms with Crippen molar-refractivity contribution in [1.82, 2.24) is 9.80 Å². The predicted octanol–water partition coefficient (Wildman–Crippen LogP) is 1.99. The van der Waals surface area contributed by atoms with E-state index in [1.807, 2.05) is 0 Å². The topological polar surface area (TPSA) is 52.7 Å². The average molecular weight is 343 g/mol. The summed E-state index contributed by atoms with van der Waals surface area (Å²) in [5.74, 6) is -5.11. The van der Waals surface area contributed by atoms with Gasteiger partial charge in [0, 0.05) is 13.1 Å². The average Bonchev–Trinajstić information content (AvgIpc) is 3.08. The van der Waals surface area contributed by atoms with Crippen LogP contribution in [0.5, 0.6) is 0 Å². The molecule has 2 amide bonds. The number of nitrogens with one attached hydrogen (secondary N) is 1. The van der Waals surface area contributed by atoms with Gasteiger partial charge >= 0.3 is 0 Å². The van der Waals surface area contributed by atoms with E-state index in [2.05, 4.69) is 5.32 Å². The van der Waals surface area contributed by atoms with E-state index >= 15 is 0 Å². The third-order valence-electron chi connectivity index (χ3n) is 4.14. The molecule has 1 saturated heterocycles. The number of halogens is 3. The van der Waals surface area contributed by atoms with Crippen molar-refractivity contribution in [1.29, 1.82) is 0 Å². The molecule has 5 nitrogen and oxygen atoms in total. The van der Waals surface area contributed by atoms with Crippen LogP contribution >= 0.6 is 0 Å². The predicted molar refractivity (Wildman–Crippen MR) is 82.9 cm³/mol. The second-order valence-electron chi connectivity index (χ2n) is 5.89. The molecule has 0 saturated carbocycles. The summed E-state index contributed by atoms with van der Waals surface area (Å²) < 4.78 is 39.6. The summed E-state index contributed by atoms with van der Waals surface area (Å²) in [6, 6.07) is 1.17. The Kier molecular flexibility index (Phi) is 5.82. The lowest BCUT2D eigenvalue weighted by Crippen LogP contribution is -2.46. The number of nitrogens with zero attached hydrogens (tertiary/aromatic N) is 2. The van der Waals surface area contributed by atoms with Crippen LogP contribution in [-0.2, 0) is 9.59 Å². The molecule has 1 aliphatic heterocycles. The highest BCUT2D eigenvalue weighted by molar-refractivity contribution is 5.93. The molecule has 1 N–H and O–H groups in total. The van der Waals surface area contributed by atoms with Crippen molar-refractivity contribution in [3.05, 3.63) is 29.6 Å². The Balaban J connectivity index is 1.94. The Morgan fingerprint density at radius 2 is 1.83 bits per heavy atom. The van der Waals surface area contributed by atoms with Gasteiger partial charge in [-0.1, -0.05) is 0 Å². The summed E-state index contributed by atoms with van der Waals surface area (Å²) in [6.07, 6.45) is 1.94. The SMILES string of the molecule is C[C@@H](C(=O)N1CCCC1)N(C)CC(=O)Nc1ccc(F)c(F)c1F. The van der Waals surface area contributed by atoms with Crippen molar-refractivity contribution < 1.29 is 22.8 Å². The van der Waals surface area contributed by atoms with Crippen LogP contribution < -0.4 is 5.32 Å². The number of rotatable bonds is 5. The quantitative estimate of drug-likeness (QED) is 0.832. The van der Waals surface area contributed by atoms with Gasteiger partial charge < -0.3 is 10.2 Å². The third-order valence-corrected chi connectivity index (χ3v) is 4.14. The minimum atomic E-state index is -1.64. The van der Waals surface area contributed by atoms with Crippen molar-refractivity contribution in [3.8, 4) is 0 Å². The highest BCUT2D eigenvalue weighted by Crippen LogP contribution is 2.19. The van der Waals surface area contributed by atoms with Gasteiger partial charge in [-0.25, -0.2) is 13.2 Å². The number of carbonyl (C=O) groups is 2. The lowest BCUT2D eigenvalue weighted by atomic mass is 10.2. The molecular weight excluding hydrogens is 323 g/mol. The standard InChI is InChI=1S/C16H20F3N3O2/c1-10(16(24)22-7-3-4-8-22)21(2)9-13(23)20-12-6-5-11(17)14(18)15(12)19/h5-6,10H,3-4,7-9H2,1-2H3,(H,20,23)/t10-/m0/s1. The molecular formula is C16H20F3N3O2. The van der Waals surface area contributed by atoms with Crippen LogP contribution in [0.25, 0.3) is 0 Å². The number of anilines is 1. The van der Waals surface area contributed by atoms with E-state index < -0.39 is 35.1 Å². The molecule has 2 rings (SSSR count). The van der Waals surface area contributed by atoms with Crippen molar-refractivity contribution >= 4 is 17.5 Å². The fraction of sp³-hybridized carbons (Fsp3) is 0.500. The lowest BCUT2D eigenvalue weighted by molar-refractivity contribution is -0.135. The van der Waals surface area contributed by atoms with Gasteiger partial charge in [0.2, 0.25) is 11.8 Å². The molecule has 1 fully saturated rings. The van der Waals surface area contributed by atoms with Crippen molar-refractivity contribution in [2.45, 2.75) is 25.8 Å². The number of amides is 2. The molecule has 1 atom stereocenters. The molecule has 0 spiro atoms. The van der Waals surface area contributed by atoms with Gasteiger partial charge in [-0.3, -0.25) is 14.5 Å². The van der Waals surface area contributed by atoms with E-state index in [0.717, 1.165) is 25.0 Å². The number of likely N-dealkylation sites (tertiary alicyclic amines) is 1. The van der Waals surface area contributed by atoms with E-state index in [1.165, 1.54) is 4.90 Å². The first-order valence-corrected chi connectivity index (χ1v) is 7.73. The van der Waals surface area contributed by atoms with E-state index in [1.54, 1.807) is 18.9 Å². The summed E-state index contributed by atoms with van der Waals surface area (Å²) in [7, 11) is 1.60.